The number of H-pyrrole nitrogens is 1. The van der Waals surface area contributed by atoms with Crippen molar-refractivity contribution in [3.63, 3.8) is 0 Å². The van der Waals surface area contributed by atoms with E-state index < -0.39 is 5.92 Å². The van der Waals surface area contributed by atoms with Crippen LogP contribution in [0.1, 0.15) is 48.8 Å². The summed E-state index contributed by atoms with van der Waals surface area (Å²) in [6.07, 6.45) is 5.24. The standard InChI is InChI=1S/C30H30N6O2/c1-20(27-23-10-5-6-11-24(23)29(37)34-33-27)30(38)35-18-15-22(16-19-35)36-26(14-13-21-8-3-2-4-9-21)32-25-12-7-17-31-28(25)36/h2-12,17,20,22H,13-16,18-19H2,1H3,(H,34,37). The molecule has 5 aromatic rings. The first kappa shape index (κ1) is 24.0. The second-order valence-electron chi connectivity index (χ2n) is 9.99. The van der Waals surface area contributed by atoms with Gasteiger partial charge in [0.1, 0.15) is 11.3 Å². The summed E-state index contributed by atoms with van der Waals surface area (Å²) < 4.78 is 2.31. The molecule has 2 aromatic carbocycles. The van der Waals surface area contributed by atoms with Crippen LogP contribution in [0.4, 0.5) is 0 Å². The molecule has 0 spiro atoms. The summed E-state index contributed by atoms with van der Waals surface area (Å²) in [4.78, 5) is 37.3. The predicted molar refractivity (Wildman–Crippen MR) is 147 cm³/mol. The Morgan fingerprint density at radius 3 is 2.50 bits per heavy atom. The number of nitrogens with one attached hydrogen (secondary N) is 1. The Kier molecular flexibility index (Phi) is 6.45. The fourth-order valence-electron chi connectivity index (χ4n) is 5.64. The molecule has 1 N–H and O–H groups in total. The van der Waals surface area contributed by atoms with Crippen molar-refractivity contribution in [2.24, 2.45) is 0 Å². The molecule has 1 amide bonds. The highest BCUT2D eigenvalue weighted by atomic mass is 16.2. The van der Waals surface area contributed by atoms with Crippen LogP contribution in [0, 0.1) is 0 Å². The van der Waals surface area contributed by atoms with Crippen molar-refractivity contribution in [1.29, 1.82) is 0 Å². The third kappa shape index (κ3) is 4.47. The average Bonchev–Trinajstić information content (AvgIpc) is 3.35. The van der Waals surface area contributed by atoms with Gasteiger partial charge < -0.3 is 9.47 Å². The van der Waals surface area contributed by atoms with Crippen molar-refractivity contribution in [3.05, 3.63) is 100 Å². The van der Waals surface area contributed by atoms with E-state index in [4.69, 9.17) is 4.98 Å². The molecule has 0 radical (unpaired) electrons. The fourth-order valence-corrected chi connectivity index (χ4v) is 5.64. The summed E-state index contributed by atoms with van der Waals surface area (Å²) in [6.45, 7) is 3.18. The van der Waals surface area contributed by atoms with Gasteiger partial charge in [0.25, 0.3) is 5.56 Å². The first-order valence-electron chi connectivity index (χ1n) is 13.2. The number of hydrogen-bond donors (Lipinski definition) is 1. The lowest BCUT2D eigenvalue weighted by Crippen LogP contribution is -2.41. The van der Waals surface area contributed by atoms with Crippen molar-refractivity contribution in [3.8, 4) is 0 Å². The molecule has 192 valence electrons. The van der Waals surface area contributed by atoms with E-state index in [1.54, 1.807) is 6.07 Å². The van der Waals surface area contributed by atoms with Crippen molar-refractivity contribution >= 4 is 27.8 Å². The Hall–Kier alpha value is -4.33. The summed E-state index contributed by atoms with van der Waals surface area (Å²) in [5, 5.41) is 8.11. The fraction of sp³-hybridized carbons (Fsp3) is 0.300. The van der Waals surface area contributed by atoms with Gasteiger partial charge in [-0.3, -0.25) is 9.59 Å². The third-order valence-electron chi connectivity index (χ3n) is 7.65. The molecule has 0 saturated carbocycles. The van der Waals surface area contributed by atoms with Gasteiger partial charge in [-0.15, -0.1) is 0 Å². The molecular formula is C30H30N6O2. The molecule has 38 heavy (non-hydrogen) atoms. The first-order valence-corrected chi connectivity index (χ1v) is 13.2. The number of likely N-dealkylation sites (tertiary alicyclic amines) is 1. The number of fused-ring (bicyclic) bond motifs is 2. The molecule has 1 fully saturated rings. The van der Waals surface area contributed by atoms with Crippen LogP contribution in [0.2, 0.25) is 0 Å². The molecule has 1 atom stereocenters. The van der Waals surface area contributed by atoms with E-state index in [0.29, 0.717) is 24.2 Å². The van der Waals surface area contributed by atoms with E-state index >= 15 is 0 Å². The summed E-state index contributed by atoms with van der Waals surface area (Å²) in [5.41, 5.74) is 3.49. The Morgan fingerprint density at radius 2 is 1.71 bits per heavy atom. The minimum Gasteiger partial charge on any atom is -0.342 e. The zero-order valence-corrected chi connectivity index (χ0v) is 21.4. The number of aromatic amines is 1. The number of rotatable bonds is 6. The highest BCUT2D eigenvalue weighted by Crippen LogP contribution is 2.31. The maximum atomic E-state index is 13.5. The molecule has 3 aromatic heterocycles. The Balaban J connectivity index is 1.20. The Morgan fingerprint density at radius 1 is 0.974 bits per heavy atom. The number of carbonyl (C=O) groups is 1. The number of nitrogens with zero attached hydrogens (tertiary/aromatic N) is 5. The van der Waals surface area contributed by atoms with E-state index in [-0.39, 0.29) is 17.5 Å². The SMILES string of the molecule is CC(C(=O)N1CCC(n2c(CCc3ccccc3)nc3cccnc32)CC1)c1n[nH]c(=O)c2ccccc12. The summed E-state index contributed by atoms with van der Waals surface area (Å²) in [7, 11) is 0. The zero-order valence-electron chi connectivity index (χ0n) is 21.4. The van der Waals surface area contributed by atoms with Crippen molar-refractivity contribution in [2.45, 2.75) is 44.6 Å². The molecule has 0 aliphatic carbocycles. The molecule has 0 bridgehead atoms. The average molecular weight is 507 g/mol. The molecule has 1 unspecified atom stereocenters. The number of benzene rings is 2. The number of piperidine rings is 1. The minimum absolute atomic E-state index is 0.0334. The van der Waals surface area contributed by atoms with Gasteiger partial charge >= 0.3 is 0 Å². The van der Waals surface area contributed by atoms with Crippen molar-refractivity contribution in [1.82, 2.24) is 29.6 Å². The molecule has 8 nitrogen and oxygen atoms in total. The van der Waals surface area contributed by atoms with Gasteiger partial charge in [0.05, 0.1) is 17.0 Å². The number of pyridine rings is 1. The van der Waals surface area contributed by atoms with Gasteiger partial charge in [0, 0.05) is 37.1 Å². The first-order chi connectivity index (χ1) is 18.6. The molecule has 8 heteroatoms. The van der Waals surface area contributed by atoms with Gasteiger partial charge in [-0.1, -0.05) is 48.5 Å². The van der Waals surface area contributed by atoms with Gasteiger partial charge in [-0.2, -0.15) is 5.10 Å². The van der Waals surface area contributed by atoms with Crippen LogP contribution in [-0.2, 0) is 17.6 Å². The lowest BCUT2D eigenvalue weighted by Gasteiger charge is -2.34. The maximum Gasteiger partial charge on any atom is 0.272 e. The van der Waals surface area contributed by atoms with Crippen LogP contribution in [0.25, 0.3) is 21.9 Å². The van der Waals surface area contributed by atoms with E-state index in [0.717, 1.165) is 48.1 Å². The minimum atomic E-state index is -0.453. The van der Waals surface area contributed by atoms with Gasteiger partial charge in [0.15, 0.2) is 5.65 Å². The van der Waals surface area contributed by atoms with Crippen LogP contribution >= 0.6 is 0 Å². The second-order valence-corrected chi connectivity index (χ2v) is 9.99. The Labute approximate surface area is 220 Å². The lowest BCUT2D eigenvalue weighted by molar-refractivity contribution is -0.133. The zero-order chi connectivity index (χ0) is 26.1. The number of carbonyl (C=O) groups excluding carboxylic acids is 1. The monoisotopic (exact) mass is 506 g/mol. The van der Waals surface area contributed by atoms with E-state index in [1.807, 2.05) is 54.4 Å². The lowest BCUT2D eigenvalue weighted by atomic mass is 9.97. The highest BCUT2D eigenvalue weighted by molar-refractivity contribution is 5.91. The molecular weight excluding hydrogens is 476 g/mol. The second kappa shape index (κ2) is 10.2. The summed E-state index contributed by atoms with van der Waals surface area (Å²) in [5.74, 6) is 0.626. The third-order valence-corrected chi connectivity index (χ3v) is 7.65. The van der Waals surface area contributed by atoms with E-state index in [9.17, 15) is 9.59 Å². The number of hydrogen-bond acceptors (Lipinski definition) is 5. The van der Waals surface area contributed by atoms with Crippen LogP contribution in [-0.4, -0.2) is 48.6 Å². The molecule has 6 rings (SSSR count). The number of amides is 1. The molecule has 1 saturated heterocycles. The molecule has 1 aliphatic rings. The van der Waals surface area contributed by atoms with Gasteiger partial charge in [-0.25, -0.2) is 15.1 Å². The topological polar surface area (TPSA) is 96.8 Å². The number of imidazole rings is 1. The highest BCUT2D eigenvalue weighted by Gasteiger charge is 2.31. The smallest absolute Gasteiger partial charge is 0.272 e. The van der Waals surface area contributed by atoms with Crippen LogP contribution < -0.4 is 5.56 Å². The normalized spacial score (nSPS) is 15.2. The quantitative estimate of drug-likeness (QED) is 0.368. The summed E-state index contributed by atoms with van der Waals surface area (Å²) in [6, 6.07) is 22.0. The number of aryl methyl sites for hydroxylation is 2. The van der Waals surface area contributed by atoms with Crippen LogP contribution in [0.3, 0.4) is 0 Å². The van der Waals surface area contributed by atoms with Crippen LogP contribution in [0.15, 0.2) is 77.7 Å². The van der Waals surface area contributed by atoms with Crippen LogP contribution in [0.5, 0.6) is 0 Å². The molecule has 4 heterocycles. The van der Waals surface area contributed by atoms with Gasteiger partial charge in [0.2, 0.25) is 5.91 Å². The van der Waals surface area contributed by atoms with E-state index in [1.165, 1.54) is 5.56 Å². The number of aromatic nitrogens is 5. The largest absolute Gasteiger partial charge is 0.342 e. The Bertz CT molecular complexity index is 1650. The predicted octanol–water partition coefficient (Wildman–Crippen LogP) is 4.42. The molecule has 1 aliphatic heterocycles. The van der Waals surface area contributed by atoms with Gasteiger partial charge in [-0.05, 0) is 49.9 Å². The van der Waals surface area contributed by atoms with Crippen molar-refractivity contribution in [2.75, 3.05) is 13.1 Å². The maximum absolute atomic E-state index is 13.5. The van der Waals surface area contributed by atoms with Crippen molar-refractivity contribution < 1.29 is 4.79 Å². The summed E-state index contributed by atoms with van der Waals surface area (Å²) >= 11 is 0. The van der Waals surface area contributed by atoms with E-state index in [2.05, 4.69) is 44.0 Å².